The molecule has 0 aliphatic heterocycles. The van der Waals surface area contributed by atoms with E-state index in [1.54, 1.807) is 6.92 Å². The Morgan fingerprint density at radius 1 is 1.44 bits per heavy atom. The second kappa shape index (κ2) is 5.07. The first-order valence-corrected chi connectivity index (χ1v) is 4.88. The summed E-state index contributed by atoms with van der Waals surface area (Å²) >= 11 is 0. The number of halogens is 2. The lowest BCUT2D eigenvalue weighted by Crippen LogP contribution is -2.14. The molecule has 0 heterocycles. The molecule has 0 radical (unpaired) electrons. The molecule has 1 aromatic carbocycles. The Morgan fingerprint density at radius 3 is 2.31 bits per heavy atom. The van der Waals surface area contributed by atoms with Gasteiger partial charge in [0, 0.05) is 23.7 Å². The molecule has 0 spiro atoms. The summed E-state index contributed by atoms with van der Waals surface area (Å²) in [5.74, 6) is -1.24. The Balaban J connectivity index is 3.08. The Morgan fingerprint density at radius 2 is 1.94 bits per heavy atom. The third kappa shape index (κ3) is 2.79. The molecular formula is C12H15F2NO. The molecule has 4 heteroatoms. The van der Waals surface area contributed by atoms with Gasteiger partial charge in [-0.2, -0.15) is 0 Å². The molecule has 0 amide bonds. The number of benzene rings is 1. The van der Waals surface area contributed by atoms with E-state index < -0.39 is 17.7 Å². The van der Waals surface area contributed by atoms with Gasteiger partial charge in [0.1, 0.15) is 17.4 Å². The molecule has 0 aromatic heterocycles. The number of methoxy groups -OCH3 is 1. The van der Waals surface area contributed by atoms with Crippen molar-refractivity contribution in [1.82, 2.24) is 0 Å². The van der Waals surface area contributed by atoms with Crippen LogP contribution in [0.25, 0.3) is 0 Å². The molecule has 0 fully saturated rings. The van der Waals surface area contributed by atoms with E-state index in [1.807, 2.05) is 0 Å². The van der Waals surface area contributed by atoms with Gasteiger partial charge in [0.2, 0.25) is 0 Å². The third-order valence-electron chi connectivity index (χ3n) is 2.23. The van der Waals surface area contributed by atoms with Crippen molar-refractivity contribution in [3.05, 3.63) is 41.5 Å². The Bertz CT molecular complexity index is 381. The van der Waals surface area contributed by atoms with Crippen LogP contribution in [-0.4, -0.2) is 7.11 Å². The van der Waals surface area contributed by atoms with Crippen LogP contribution in [0, 0.1) is 11.6 Å². The minimum atomic E-state index is -0.719. The molecule has 0 aliphatic rings. The summed E-state index contributed by atoms with van der Waals surface area (Å²) in [5, 5.41) is 0. The van der Waals surface area contributed by atoms with Crippen molar-refractivity contribution >= 4 is 0 Å². The van der Waals surface area contributed by atoms with Crippen molar-refractivity contribution in [2.45, 2.75) is 19.4 Å². The topological polar surface area (TPSA) is 35.2 Å². The van der Waals surface area contributed by atoms with Crippen LogP contribution < -0.4 is 10.5 Å². The Hall–Kier alpha value is -1.42. The molecule has 0 aliphatic carbocycles. The molecule has 88 valence electrons. The van der Waals surface area contributed by atoms with Crippen molar-refractivity contribution in [3.63, 3.8) is 0 Å². The van der Waals surface area contributed by atoms with E-state index in [4.69, 9.17) is 10.5 Å². The fourth-order valence-electron chi connectivity index (χ4n) is 1.51. The van der Waals surface area contributed by atoms with Crippen molar-refractivity contribution in [3.8, 4) is 5.75 Å². The van der Waals surface area contributed by atoms with E-state index in [0.717, 1.165) is 17.7 Å². The van der Waals surface area contributed by atoms with E-state index in [9.17, 15) is 8.78 Å². The highest BCUT2D eigenvalue weighted by Gasteiger charge is 2.18. The molecular weight excluding hydrogens is 212 g/mol. The SMILES string of the molecule is C=C(C)C[C@@H](N)c1c(F)cc(OC)cc1F. The largest absolute Gasteiger partial charge is 0.497 e. The molecule has 1 atom stereocenters. The normalized spacial score (nSPS) is 12.3. The highest BCUT2D eigenvalue weighted by atomic mass is 19.1. The molecule has 16 heavy (non-hydrogen) atoms. The zero-order valence-corrected chi connectivity index (χ0v) is 9.39. The fraction of sp³-hybridized carbons (Fsp3) is 0.333. The number of nitrogens with two attached hydrogens (primary N) is 1. The number of rotatable bonds is 4. The first-order chi connectivity index (χ1) is 7.45. The van der Waals surface area contributed by atoms with Crippen LogP contribution in [-0.2, 0) is 0 Å². The quantitative estimate of drug-likeness (QED) is 0.802. The summed E-state index contributed by atoms with van der Waals surface area (Å²) in [6.07, 6.45) is 0.347. The van der Waals surface area contributed by atoms with E-state index in [2.05, 4.69) is 6.58 Å². The average Bonchev–Trinajstić information content (AvgIpc) is 2.15. The highest BCUT2D eigenvalue weighted by Crippen LogP contribution is 2.27. The predicted octanol–water partition coefficient (Wildman–Crippen LogP) is 2.94. The van der Waals surface area contributed by atoms with Crippen LogP contribution in [0.4, 0.5) is 8.78 Å². The van der Waals surface area contributed by atoms with Gasteiger partial charge in [-0.3, -0.25) is 0 Å². The van der Waals surface area contributed by atoms with Crippen molar-refractivity contribution in [1.29, 1.82) is 0 Å². The zero-order chi connectivity index (χ0) is 12.3. The van der Waals surface area contributed by atoms with E-state index in [0.29, 0.717) is 6.42 Å². The maximum Gasteiger partial charge on any atom is 0.134 e. The summed E-state index contributed by atoms with van der Waals surface area (Å²) in [6.45, 7) is 5.43. The summed E-state index contributed by atoms with van der Waals surface area (Å²) < 4.78 is 31.9. The van der Waals surface area contributed by atoms with Crippen LogP contribution in [0.15, 0.2) is 24.3 Å². The lowest BCUT2D eigenvalue weighted by Gasteiger charge is -2.14. The lowest BCUT2D eigenvalue weighted by molar-refractivity contribution is 0.403. The summed E-state index contributed by atoms with van der Waals surface area (Å²) in [7, 11) is 1.35. The van der Waals surface area contributed by atoms with Gasteiger partial charge in [0.15, 0.2) is 0 Å². The molecule has 2 nitrogen and oxygen atoms in total. The lowest BCUT2D eigenvalue weighted by atomic mass is 10.00. The van der Waals surface area contributed by atoms with E-state index in [-0.39, 0.29) is 11.3 Å². The highest BCUT2D eigenvalue weighted by molar-refractivity contribution is 5.32. The first kappa shape index (κ1) is 12.6. The molecule has 0 saturated carbocycles. The van der Waals surface area contributed by atoms with Gasteiger partial charge in [0.25, 0.3) is 0 Å². The standard InChI is InChI=1S/C12H15F2NO/c1-7(2)4-11(15)12-9(13)5-8(16-3)6-10(12)14/h5-6,11H,1,4,15H2,2-3H3/t11-/m1/s1. The number of hydrogen-bond acceptors (Lipinski definition) is 2. The Labute approximate surface area is 93.7 Å². The van der Waals surface area contributed by atoms with Gasteiger partial charge < -0.3 is 10.5 Å². The average molecular weight is 227 g/mol. The fourth-order valence-corrected chi connectivity index (χ4v) is 1.51. The van der Waals surface area contributed by atoms with Crippen molar-refractivity contribution in [2.75, 3.05) is 7.11 Å². The van der Waals surface area contributed by atoms with E-state index >= 15 is 0 Å². The van der Waals surface area contributed by atoms with Gasteiger partial charge in [-0.15, -0.1) is 6.58 Å². The summed E-state index contributed by atoms with van der Waals surface area (Å²) in [6, 6.07) is 1.52. The summed E-state index contributed by atoms with van der Waals surface area (Å²) in [4.78, 5) is 0. The van der Waals surface area contributed by atoms with Gasteiger partial charge in [-0.25, -0.2) is 8.78 Å². The molecule has 1 aromatic rings. The van der Waals surface area contributed by atoms with Crippen molar-refractivity contribution in [2.24, 2.45) is 5.73 Å². The maximum absolute atomic E-state index is 13.6. The molecule has 2 N–H and O–H groups in total. The van der Waals surface area contributed by atoms with Gasteiger partial charge in [-0.1, -0.05) is 5.57 Å². The minimum absolute atomic E-state index is 0.121. The second-order valence-corrected chi connectivity index (χ2v) is 3.77. The number of ether oxygens (including phenoxy) is 1. The maximum atomic E-state index is 13.6. The van der Waals surface area contributed by atoms with Crippen LogP contribution in [0.5, 0.6) is 5.75 Å². The molecule has 0 bridgehead atoms. The first-order valence-electron chi connectivity index (χ1n) is 4.88. The van der Waals surface area contributed by atoms with Crippen molar-refractivity contribution < 1.29 is 13.5 Å². The zero-order valence-electron chi connectivity index (χ0n) is 9.39. The predicted molar refractivity (Wildman–Crippen MR) is 59.3 cm³/mol. The van der Waals surface area contributed by atoms with Crippen LogP contribution in [0.2, 0.25) is 0 Å². The number of hydrogen-bond donors (Lipinski definition) is 1. The monoisotopic (exact) mass is 227 g/mol. The summed E-state index contributed by atoms with van der Waals surface area (Å²) in [5.41, 5.74) is 6.37. The third-order valence-corrected chi connectivity index (χ3v) is 2.23. The van der Waals surface area contributed by atoms with Gasteiger partial charge >= 0.3 is 0 Å². The van der Waals surface area contributed by atoms with Crippen LogP contribution in [0.1, 0.15) is 24.9 Å². The van der Waals surface area contributed by atoms with Crippen LogP contribution in [0.3, 0.4) is 0 Å². The van der Waals surface area contributed by atoms with E-state index in [1.165, 1.54) is 7.11 Å². The smallest absolute Gasteiger partial charge is 0.134 e. The molecule has 1 rings (SSSR count). The minimum Gasteiger partial charge on any atom is -0.497 e. The van der Waals surface area contributed by atoms with Gasteiger partial charge in [-0.05, 0) is 13.3 Å². The Kier molecular flexibility index (Phi) is 4.01. The molecule has 0 saturated heterocycles. The van der Waals surface area contributed by atoms with Gasteiger partial charge in [0.05, 0.1) is 7.11 Å². The van der Waals surface area contributed by atoms with Crippen LogP contribution >= 0.6 is 0 Å². The second-order valence-electron chi connectivity index (χ2n) is 3.77. The molecule has 0 unspecified atom stereocenters.